The summed E-state index contributed by atoms with van der Waals surface area (Å²) in [5.41, 5.74) is 3.48. The molecule has 0 radical (unpaired) electrons. The van der Waals surface area contributed by atoms with Crippen LogP contribution in [0.5, 0.6) is 0 Å². The van der Waals surface area contributed by atoms with Gasteiger partial charge in [0, 0.05) is 12.1 Å². The number of fused-ring (bicyclic) bond motifs is 1. The van der Waals surface area contributed by atoms with Crippen LogP contribution in [0.4, 0.5) is 9.59 Å². The van der Waals surface area contributed by atoms with Crippen molar-refractivity contribution in [3.63, 3.8) is 0 Å². The molecule has 0 saturated carbocycles. The van der Waals surface area contributed by atoms with E-state index in [0.717, 1.165) is 5.56 Å². The molecule has 24 heavy (non-hydrogen) atoms. The van der Waals surface area contributed by atoms with Gasteiger partial charge in [0.2, 0.25) is 0 Å². The number of hydrazone groups is 1. The predicted octanol–water partition coefficient (Wildman–Crippen LogP) is -0.118. The summed E-state index contributed by atoms with van der Waals surface area (Å²) in [7, 11) is 0. The maximum Gasteiger partial charge on any atom is 0.321 e. The Morgan fingerprint density at radius 1 is 1.29 bits per heavy atom. The topological polar surface area (TPSA) is 115 Å². The average Bonchev–Trinajstić information content (AvgIpc) is 3.05. The Morgan fingerprint density at radius 2 is 2.04 bits per heavy atom. The summed E-state index contributed by atoms with van der Waals surface area (Å²) in [6.45, 7) is 1.76. The van der Waals surface area contributed by atoms with Crippen molar-refractivity contribution in [2.24, 2.45) is 5.10 Å². The van der Waals surface area contributed by atoms with Crippen LogP contribution in [0.25, 0.3) is 0 Å². The van der Waals surface area contributed by atoms with Crippen molar-refractivity contribution in [1.29, 1.82) is 0 Å². The molecule has 0 spiro atoms. The first-order valence-corrected chi connectivity index (χ1v) is 7.56. The first-order valence-electron chi connectivity index (χ1n) is 7.56. The minimum atomic E-state index is -0.581. The van der Waals surface area contributed by atoms with Gasteiger partial charge in [-0.05, 0) is 5.56 Å². The first kappa shape index (κ1) is 15.8. The molecule has 3 atom stereocenters. The van der Waals surface area contributed by atoms with E-state index in [-0.39, 0.29) is 18.5 Å². The van der Waals surface area contributed by atoms with Gasteiger partial charge in [0.15, 0.2) is 0 Å². The lowest BCUT2D eigenvalue weighted by atomic mass is 10.0. The highest BCUT2D eigenvalue weighted by atomic mass is 16.2. The Balaban J connectivity index is 1.51. The lowest BCUT2D eigenvalue weighted by Crippen LogP contribution is -2.47. The molecule has 9 heteroatoms. The second-order valence-corrected chi connectivity index (χ2v) is 5.63. The SMILES string of the molecule is CC(/C=N/NC(=O)CN1C(=O)NC2NC(=O)NC21)c1ccccc1. The average molecular weight is 330 g/mol. The van der Waals surface area contributed by atoms with Crippen LogP contribution in [0.2, 0.25) is 0 Å². The third kappa shape index (κ3) is 3.29. The Labute approximate surface area is 138 Å². The number of carbonyl (C=O) groups excluding carboxylic acids is 3. The van der Waals surface area contributed by atoms with Gasteiger partial charge in [-0.3, -0.25) is 9.69 Å². The molecule has 126 valence electrons. The van der Waals surface area contributed by atoms with Crippen molar-refractivity contribution < 1.29 is 14.4 Å². The van der Waals surface area contributed by atoms with Crippen LogP contribution >= 0.6 is 0 Å². The fourth-order valence-corrected chi connectivity index (χ4v) is 2.62. The van der Waals surface area contributed by atoms with Crippen LogP contribution in [-0.4, -0.2) is 48.0 Å². The predicted molar refractivity (Wildman–Crippen MR) is 86.0 cm³/mol. The van der Waals surface area contributed by atoms with Gasteiger partial charge in [-0.1, -0.05) is 37.3 Å². The lowest BCUT2D eigenvalue weighted by Gasteiger charge is -2.19. The first-order chi connectivity index (χ1) is 11.5. The third-order valence-corrected chi connectivity index (χ3v) is 3.88. The van der Waals surface area contributed by atoms with Crippen LogP contribution in [0.1, 0.15) is 18.4 Å². The molecule has 0 aliphatic carbocycles. The van der Waals surface area contributed by atoms with Gasteiger partial charge >= 0.3 is 12.1 Å². The van der Waals surface area contributed by atoms with E-state index in [1.165, 1.54) is 4.90 Å². The fourth-order valence-electron chi connectivity index (χ4n) is 2.62. The summed E-state index contributed by atoms with van der Waals surface area (Å²) >= 11 is 0. The van der Waals surface area contributed by atoms with Crippen LogP contribution < -0.4 is 21.4 Å². The van der Waals surface area contributed by atoms with E-state index in [0.29, 0.717) is 0 Å². The molecule has 0 bridgehead atoms. The molecule has 1 aromatic carbocycles. The van der Waals surface area contributed by atoms with Crippen molar-refractivity contribution in [3.8, 4) is 0 Å². The highest BCUT2D eigenvalue weighted by molar-refractivity contribution is 5.89. The standard InChI is InChI=1S/C15H18N6O3/c1-9(10-5-3-2-4-6-10)7-16-20-11(22)8-21-13-12(18-15(21)24)17-14(23)19-13/h2-7,9,12-13H,8H2,1H3,(H,18,24)(H,20,22)(H2,17,19,23)/b16-7+. The Morgan fingerprint density at radius 3 is 2.79 bits per heavy atom. The zero-order valence-electron chi connectivity index (χ0n) is 13.0. The number of benzene rings is 1. The largest absolute Gasteiger partial charge is 0.321 e. The molecule has 2 aliphatic heterocycles. The summed E-state index contributed by atoms with van der Waals surface area (Å²) in [6, 6.07) is 8.95. The number of nitrogens with zero attached hydrogens (tertiary/aromatic N) is 2. The fraction of sp³-hybridized carbons (Fsp3) is 0.333. The monoisotopic (exact) mass is 330 g/mol. The van der Waals surface area contributed by atoms with E-state index >= 15 is 0 Å². The maximum atomic E-state index is 12.0. The summed E-state index contributed by atoms with van der Waals surface area (Å²) in [6.07, 6.45) is 0.515. The number of hydrogen-bond donors (Lipinski definition) is 4. The molecular formula is C15H18N6O3. The molecule has 3 unspecified atom stereocenters. The summed E-state index contributed by atoms with van der Waals surface area (Å²) in [4.78, 5) is 36.3. The molecule has 4 N–H and O–H groups in total. The molecule has 2 fully saturated rings. The summed E-state index contributed by atoms with van der Waals surface area (Å²) in [5, 5.41) is 11.6. The van der Waals surface area contributed by atoms with Gasteiger partial charge < -0.3 is 16.0 Å². The van der Waals surface area contributed by atoms with Gasteiger partial charge in [0.1, 0.15) is 18.9 Å². The van der Waals surface area contributed by atoms with E-state index < -0.39 is 24.3 Å². The number of nitrogens with one attached hydrogen (secondary N) is 4. The summed E-state index contributed by atoms with van der Waals surface area (Å²) < 4.78 is 0. The Bertz CT molecular complexity index is 677. The molecule has 0 aromatic heterocycles. The highest BCUT2D eigenvalue weighted by Gasteiger charge is 2.45. The second kappa shape index (κ2) is 6.57. The molecule has 2 heterocycles. The van der Waals surface area contributed by atoms with Gasteiger partial charge in [0.05, 0.1) is 0 Å². The maximum absolute atomic E-state index is 12.0. The van der Waals surface area contributed by atoms with Gasteiger partial charge in [-0.15, -0.1) is 0 Å². The molecule has 2 aliphatic rings. The third-order valence-electron chi connectivity index (χ3n) is 3.88. The van der Waals surface area contributed by atoms with Gasteiger partial charge in [0.25, 0.3) is 5.91 Å². The Kier molecular flexibility index (Phi) is 4.32. The molecular weight excluding hydrogens is 312 g/mol. The van der Waals surface area contributed by atoms with E-state index in [4.69, 9.17) is 0 Å². The van der Waals surface area contributed by atoms with E-state index in [1.54, 1.807) is 6.21 Å². The minimum Gasteiger partial charge on any atom is -0.314 e. The minimum absolute atomic E-state index is 0.0456. The number of carbonyl (C=O) groups is 3. The lowest BCUT2D eigenvalue weighted by molar-refractivity contribution is -0.121. The molecule has 2 saturated heterocycles. The quantitative estimate of drug-likeness (QED) is 0.446. The van der Waals surface area contributed by atoms with Gasteiger partial charge in [-0.2, -0.15) is 5.10 Å². The number of urea groups is 2. The van der Waals surface area contributed by atoms with Crippen LogP contribution in [0.3, 0.4) is 0 Å². The second-order valence-electron chi connectivity index (χ2n) is 5.63. The van der Waals surface area contributed by atoms with E-state index in [2.05, 4.69) is 26.5 Å². The normalized spacial score (nSPS) is 23.5. The van der Waals surface area contributed by atoms with Crippen molar-refractivity contribution in [3.05, 3.63) is 35.9 Å². The van der Waals surface area contributed by atoms with Gasteiger partial charge in [-0.25, -0.2) is 15.0 Å². The smallest absolute Gasteiger partial charge is 0.314 e. The van der Waals surface area contributed by atoms with Crippen LogP contribution in [0, 0.1) is 0 Å². The van der Waals surface area contributed by atoms with E-state index in [1.807, 2.05) is 37.3 Å². The molecule has 3 rings (SSSR count). The van der Waals surface area contributed by atoms with Crippen molar-refractivity contribution in [2.45, 2.75) is 25.2 Å². The van der Waals surface area contributed by atoms with Crippen LogP contribution in [-0.2, 0) is 4.79 Å². The van der Waals surface area contributed by atoms with Crippen molar-refractivity contribution >= 4 is 24.2 Å². The van der Waals surface area contributed by atoms with Crippen molar-refractivity contribution in [1.82, 2.24) is 26.3 Å². The number of rotatable bonds is 5. The zero-order chi connectivity index (χ0) is 17.1. The van der Waals surface area contributed by atoms with Crippen molar-refractivity contribution in [2.75, 3.05) is 6.54 Å². The summed E-state index contributed by atoms with van der Waals surface area (Å²) in [5.74, 6) is -0.396. The number of hydrogen-bond acceptors (Lipinski definition) is 4. The zero-order valence-corrected chi connectivity index (χ0v) is 13.0. The van der Waals surface area contributed by atoms with E-state index in [9.17, 15) is 14.4 Å². The Hall–Kier alpha value is -3.10. The molecule has 9 nitrogen and oxygen atoms in total. The molecule has 5 amide bonds. The highest BCUT2D eigenvalue weighted by Crippen LogP contribution is 2.13. The van der Waals surface area contributed by atoms with Crippen LogP contribution in [0.15, 0.2) is 35.4 Å². The number of amides is 5. The molecule has 1 aromatic rings.